The summed E-state index contributed by atoms with van der Waals surface area (Å²) in [6.45, 7) is 5.75. The summed E-state index contributed by atoms with van der Waals surface area (Å²) in [7, 11) is -3.60. The van der Waals surface area contributed by atoms with E-state index in [1.807, 2.05) is 33.0 Å². The maximum Gasteiger partial charge on any atom is 0.261 e. The number of nitrogens with one attached hydrogen (secondary N) is 1. The predicted molar refractivity (Wildman–Crippen MR) is 86.7 cm³/mol. The average Bonchev–Trinajstić information content (AvgIpc) is 2.80. The molecule has 3 rings (SSSR count). The third-order valence-electron chi connectivity index (χ3n) is 3.61. The summed E-state index contributed by atoms with van der Waals surface area (Å²) in [6, 6.07) is 8.60. The lowest BCUT2D eigenvalue weighted by atomic mass is 10.1. The number of rotatable bonds is 3. The first-order chi connectivity index (χ1) is 10.3. The highest BCUT2D eigenvalue weighted by molar-refractivity contribution is 7.92. The number of sulfonamides is 1. The van der Waals surface area contributed by atoms with E-state index in [0.717, 1.165) is 22.5 Å². The fourth-order valence-electron chi connectivity index (χ4n) is 2.27. The molecule has 0 aliphatic carbocycles. The Bertz CT molecular complexity index is 959. The van der Waals surface area contributed by atoms with Gasteiger partial charge in [-0.1, -0.05) is 6.07 Å². The molecule has 0 aliphatic rings. The van der Waals surface area contributed by atoms with Crippen molar-refractivity contribution in [2.24, 2.45) is 0 Å². The first-order valence-electron chi connectivity index (χ1n) is 6.90. The standard InChI is InChI=1S/C16H17N3O2S/c1-11-4-6-15(8-12(11)2)22(20,21)18-14-5-7-16-17-13(3)9-19(16)10-14/h4-10,18H,1-3H3. The second-order valence-corrected chi connectivity index (χ2v) is 7.10. The third kappa shape index (κ3) is 2.69. The minimum Gasteiger partial charge on any atom is -0.305 e. The van der Waals surface area contributed by atoms with Crippen molar-refractivity contribution in [1.29, 1.82) is 0 Å². The molecule has 1 aromatic carbocycles. The van der Waals surface area contributed by atoms with E-state index in [4.69, 9.17) is 0 Å². The second kappa shape index (κ2) is 5.14. The molecule has 6 heteroatoms. The van der Waals surface area contributed by atoms with Gasteiger partial charge in [0.15, 0.2) is 0 Å². The van der Waals surface area contributed by atoms with Crippen LogP contribution in [-0.4, -0.2) is 17.8 Å². The topological polar surface area (TPSA) is 63.5 Å². The Morgan fingerprint density at radius 3 is 2.50 bits per heavy atom. The summed E-state index contributed by atoms with van der Waals surface area (Å²) in [5, 5.41) is 0. The summed E-state index contributed by atoms with van der Waals surface area (Å²) in [6.07, 6.45) is 3.57. The zero-order valence-electron chi connectivity index (χ0n) is 12.7. The molecule has 0 saturated heterocycles. The van der Waals surface area contributed by atoms with Crippen molar-refractivity contribution in [2.45, 2.75) is 25.7 Å². The molecule has 0 bridgehead atoms. The van der Waals surface area contributed by atoms with Crippen LogP contribution in [0.5, 0.6) is 0 Å². The largest absolute Gasteiger partial charge is 0.305 e. The monoisotopic (exact) mass is 315 g/mol. The molecule has 114 valence electrons. The van der Waals surface area contributed by atoms with Gasteiger partial charge in [0.2, 0.25) is 0 Å². The Hall–Kier alpha value is -2.34. The van der Waals surface area contributed by atoms with E-state index in [1.165, 1.54) is 0 Å². The van der Waals surface area contributed by atoms with Crippen LogP contribution in [-0.2, 0) is 10.0 Å². The van der Waals surface area contributed by atoms with Gasteiger partial charge < -0.3 is 4.40 Å². The lowest BCUT2D eigenvalue weighted by Gasteiger charge is -2.10. The molecule has 0 fully saturated rings. The first kappa shape index (κ1) is 14.6. The van der Waals surface area contributed by atoms with Gasteiger partial charge in [0, 0.05) is 12.4 Å². The minimum atomic E-state index is -3.60. The number of fused-ring (bicyclic) bond motifs is 1. The van der Waals surface area contributed by atoms with Gasteiger partial charge in [0.1, 0.15) is 5.65 Å². The normalized spacial score (nSPS) is 11.8. The molecule has 0 saturated carbocycles. The van der Waals surface area contributed by atoms with Crippen LogP contribution in [0.1, 0.15) is 16.8 Å². The van der Waals surface area contributed by atoms with E-state index in [0.29, 0.717) is 5.69 Å². The quantitative estimate of drug-likeness (QED) is 0.808. The van der Waals surface area contributed by atoms with Gasteiger partial charge >= 0.3 is 0 Å². The van der Waals surface area contributed by atoms with Gasteiger partial charge in [-0.25, -0.2) is 13.4 Å². The SMILES string of the molecule is Cc1cn2cc(NS(=O)(=O)c3ccc(C)c(C)c3)ccc2n1. The van der Waals surface area contributed by atoms with Gasteiger partial charge in [-0.15, -0.1) is 0 Å². The van der Waals surface area contributed by atoms with Crippen LogP contribution in [0.25, 0.3) is 5.65 Å². The van der Waals surface area contributed by atoms with Gasteiger partial charge in [-0.05, 0) is 56.2 Å². The number of aryl methyl sites for hydroxylation is 3. The van der Waals surface area contributed by atoms with Crippen molar-refractivity contribution in [3.8, 4) is 0 Å². The molecule has 0 aliphatic heterocycles. The van der Waals surface area contributed by atoms with E-state index < -0.39 is 10.0 Å². The number of hydrogen-bond acceptors (Lipinski definition) is 3. The van der Waals surface area contributed by atoms with Gasteiger partial charge in [0.25, 0.3) is 10.0 Å². The smallest absolute Gasteiger partial charge is 0.261 e. The molecule has 3 aromatic rings. The van der Waals surface area contributed by atoms with Gasteiger partial charge in [0.05, 0.1) is 16.3 Å². The molecule has 0 amide bonds. The Labute approximate surface area is 129 Å². The van der Waals surface area contributed by atoms with Crippen LogP contribution in [0.2, 0.25) is 0 Å². The molecular weight excluding hydrogens is 298 g/mol. The number of imidazole rings is 1. The zero-order chi connectivity index (χ0) is 15.9. The van der Waals surface area contributed by atoms with Crippen LogP contribution in [0.4, 0.5) is 5.69 Å². The Balaban J connectivity index is 1.96. The van der Waals surface area contributed by atoms with Crippen LogP contribution >= 0.6 is 0 Å². The van der Waals surface area contributed by atoms with Crippen LogP contribution < -0.4 is 4.72 Å². The summed E-state index contributed by atoms with van der Waals surface area (Å²) in [4.78, 5) is 4.58. The summed E-state index contributed by atoms with van der Waals surface area (Å²) in [5.74, 6) is 0. The Kier molecular flexibility index (Phi) is 3.41. The Morgan fingerprint density at radius 1 is 1.00 bits per heavy atom. The van der Waals surface area contributed by atoms with Crippen LogP contribution in [0.3, 0.4) is 0 Å². The minimum absolute atomic E-state index is 0.262. The highest BCUT2D eigenvalue weighted by atomic mass is 32.2. The van der Waals surface area contributed by atoms with Crippen molar-refractivity contribution in [1.82, 2.24) is 9.38 Å². The second-order valence-electron chi connectivity index (χ2n) is 5.42. The lowest BCUT2D eigenvalue weighted by Crippen LogP contribution is -2.13. The number of anilines is 1. The maximum absolute atomic E-state index is 12.5. The van der Waals surface area contributed by atoms with E-state index in [1.54, 1.807) is 34.9 Å². The summed E-state index contributed by atoms with van der Waals surface area (Å²) in [5.41, 5.74) is 4.18. The molecule has 0 atom stereocenters. The molecule has 0 unspecified atom stereocenters. The molecule has 5 nitrogen and oxygen atoms in total. The highest BCUT2D eigenvalue weighted by Crippen LogP contribution is 2.19. The maximum atomic E-state index is 12.5. The molecule has 0 spiro atoms. The van der Waals surface area contributed by atoms with Crippen LogP contribution in [0, 0.1) is 20.8 Å². The van der Waals surface area contributed by atoms with Crippen molar-refractivity contribution >= 4 is 21.4 Å². The fourth-order valence-corrected chi connectivity index (χ4v) is 3.40. The summed E-state index contributed by atoms with van der Waals surface area (Å²) >= 11 is 0. The number of hydrogen-bond donors (Lipinski definition) is 1. The summed E-state index contributed by atoms with van der Waals surface area (Å²) < 4.78 is 29.3. The van der Waals surface area contributed by atoms with E-state index >= 15 is 0 Å². The number of aromatic nitrogens is 2. The average molecular weight is 315 g/mol. The van der Waals surface area contributed by atoms with Crippen molar-refractivity contribution in [2.75, 3.05) is 4.72 Å². The van der Waals surface area contributed by atoms with Crippen molar-refractivity contribution in [3.05, 3.63) is 59.5 Å². The molecule has 0 radical (unpaired) electrons. The van der Waals surface area contributed by atoms with Crippen molar-refractivity contribution < 1.29 is 8.42 Å². The predicted octanol–water partition coefficient (Wildman–Crippen LogP) is 3.06. The molecule has 22 heavy (non-hydrogen) atoms. The lowest BCUT2D eigenvalue weighted by molar-refractivity contribution is 0.601. The van der Waals surface area contributed by atoms with Crippen molar-refractivity contribution in [3.63, 3.8) is 0 Å². The van der Waals surface area contributed by atoms with Gasteiger partial charge in [-0.3, -0.25) is 4.72 Å². The zero-order valence-corrected chi connectivity index (χ0v) is 13.5. The first-order valence-corrected chi connectivity index (χ1v) is 8.39. The molecule has 1 N–H and O–H groups in total. The number of nitrogens with zero attached hydrogens (tertiary/aromatic N) is 2. The highest BCUT2D eigenvalue weighted by Gasteiger charge is 2.15. The fraction of sp³-hybridized carbons (Fsp3) is 0.188. The number of benzene rings is 1. The van der Waals surface area contributed by atoms with E-state index in [2.05, 4.69) is 9.71 Å². The van der Waals surface area contributed by atoms with E-state index in [-0.39, 0.29) is 4.90 Å². The molecule has 2 aromatic heterocycles. The number of pyridine rings is 1. The van der Waals surface area contributed by atoms with Crippen LogP contribution in [0.15, 0.2) is 47.6 Å². The third-order valence-corrected chi connectivity index (χ3v) is 4.99. The Morgan fingerprint density at radius 2 is 1.77 bits per heavy atom. The molecular formula is C16H17N3O2S. The van der Waals surface area contributed by atoms with Gasteiger partial charge in [-0.2, -0.15) is 0 Å². The van der Waals surface area contributed by atoms with E-state index in [9.17, 15) is 8.42 Å². The molecule has 2 heterocycles.